The van der Waals surface area contributed by atoms with Gasteiger partial charge in [0.1, 0.15) is 4.90 Å². The average molecular weight is 401 g/mol. The first-order chi connectivity index (χ1) is 13.5. The predicted molar refractivity (Wildman–Crippen MR) is 105 cm³/mol. The van der Waals surface area contributed by atoms with Crippen molar-refractivity contribution in [1.29, 1.82) is 0 Å². The Hall–Kier alpha value is -2.39. The Bertz CT molecular complexity index is 1080. The van der Waals surface area contributed by atoms with Gasteiger partial charge in [0.2, 0.25) is 5.88 Å². The molecule has 1 atom stereocenters. The summed E-state index contributed by atoms with van der Waals surface area (Å²) in [5.41, 5.74) is 4.45. The van der Waals surface area contributed by atoms with E-state index in [0.29, 0.717) is 24.9 Å². The number of hydrogen-bond donors (Lipinski definition) is 2. The highest BCUT2D eigenvalue weighted by atomic mass is 32.2. The second-order valence-electron chi connectivity index (χ2n) is 7.62. The van der Waals surface area contributed by atoms with Gasteiger partial charge < -0.3 is 10.1 Å². The van der Waals surface area contributed by atoms with Gasteiger partial charge in [-0.1, -0.05) is 12.1 Å². The fourth-order valence-corrected chi connectivity index (χ4v) is 5.12. The molecule has 0 saturated heterocycles. The number of rotatable bonds is 3. The third kappa shape index (κ3) is 3.08. The Kier molecular flexibility index (Phi) is 4.17. The first-order valence-electron chi connectivity index (χ1n) is 9.72. The van der Waals surface area contributed by atoms with Crippen LogP contribution >= 0.6 is 0 Å². The maximum Gasteiger partial charge on any atom is 0.354 e. The van der Waals surface area contributed by atoms with Gasteiger partial charge in [-0.3, -0.25) is 0 Å². The lowest BCUT2D eigenvalue weighted by atomic mass is 10.00. The molecule has 1 aliphatic heterocycles. The van der Waals surface area contributed by atoms with Gasteiger partial charge in [0.25, 0.3) is 0 Å². The lowest BCUT2D eigenvalue weighted by Gasteiger charge is -2.16. The van der Waals surface area contributed by atoms with Crippen LogP contribution in [0.3, 0.4) is 0 Å². The lowest BCUT2D eigenvalue weighted by molar-refractivity contribution is 0.224. The molecule has 3 N–H and O–H groups in total. The van der Waals surface area contributed by atoms with Crippen LogP contribution in [0, 0.1) is 0 Å². The third-order valence-corrected chi connectivity index (χ3v) is 6.96. The molecule has 1 aromatic carbocycles. The van der Waals surface area contributed by atoms with E-state index in [-0.39, 0.29) is 4.90 Å². The molecule has 0 spiro atoms. The molecule has 1 saturated carbocycles. The second-order valence-corrected chi connectivity index (χ2v) is 9.38. The number of hydrogen-bond acceptors (Lipinski definition) is 4. The van der Waals surface area contributed by atoms with Gasteiger partial charge in [0.15, 0.2) is 9.92 Å². The van der Waals surface area contributed by atoms with Gasteiger partial charge in [-0.15, -0.1) is 4.36 Å². The van der Waals surface area contributed by atoms with Crippen LogP contribution in [0.2, 0.25) is 0 Å². The fourth-order valence-electron chi connectivity index (χ4n) is 4.11. The van der Waals surface area contributed by atoms with Crippen molar-refractivity contribution in [1.82, 2.24) is 9.78 Å². The van der Waals surface area contributed by atoms with Crippen LogP contribution in [-0.4, -0.2) is 26.6 Å². The van der Waals surface area contributed by atoms with Gasteiger partial charge >= 0.3 is 6.03 Å². The zero-order valence-corrected chi connectivity index (χ0v) is 16.3. The number of nitrogens with zero attached hydrogens (tertiary/aromatic N) is 3. The zero-order valence-electron chi connectivity index (χ0n) is 15.5. The van der Waals surface area contributed by atoms with E-state index in [1.807, 2.05) is 0 Å². The summed E-state index contributed by atoms with van der Waals surface area (Å²) < 4.78 is 24.0. The Morgan fingerprint density at radius 2 is 2.18 bits per heavy atom. The third-order valence-electron chi connectivity index (χ3n) is 5.61. The molecule has 2 amide bonds. The van der Waals surface area contributed by atoms with Crippen LogP contribution in [0.25, 0.3) is 0 Å². The van der Waals surface area contributed by atoms with Crippen molar-refractivity contribution in [2.75, 3.05) is 11.9 Å². The van der Waals surface area contributed by atoms with E-state index in [4.69, 9.17) is 9.88 Å². The summed E-state index contributed by atoms with van der Waals surface area (Å²) in [5.74, 6) is 0.828. The number of fused-ring (bicyclic) bond motifs is 2. The van der Waals surface area contributed by atoms with Crippen LogP contribution in [0.4, 0.5) is 10.5 Å². The maximum absolute atomic E-state index is 13.0. The summed E-state index contributed by atoms with van der Waals surface area (Å²) in [6, 6.07) is 3.59. The largest absolute Gasteiger partial charge is 0.477 e. The van der Waals surface area contributed by atoms with Crippen LogP contribution in [-0.2, 0) is 29.3 Å². The van der Waals surface area contributed by atoms with Crippen molar-refractivity contribution in [2.24, 2.45) is 9.50 Å². The number of benzene rings is 1. The molecule has 0 radical (unpaired) electrons. The molecule has 8 nitrogen and oxygen atoms in total. The minimum atomic E-state index is -3.45. The molecule has 9 heteroatoms. The molecule has 3 aliphatic rings. The average Bonchev–Trinajstić information content (AvgIpc) is 3.22. The van der Waals surface area contributed by atoms with E-state index in [9.17, 15) is 9.00 Å². The Morgan fingerprint density at radius 1 is 1.32 bits per heavy atom. The highest BCUT2D eigenvalue weighted by Crippen LogP contribution is 2.46. The van der Waals surface area contributed by atoms with Gasteiger partial charge in [-0.05, 0) is 54.7 Å². The van der Waals surface area contributed by atoms with E-state index in [2.05, 4.69) is 26.9 Å². The van der Waals surface area contributed by atoms with Crippen LogP contribution in [0.1, 0.15) is 48.3 Å². The van der Waals surface area contributed by atoms with Crippen molar-refractivity contribution in [3.05, 3.63) is 35.0 Å². The summed E-state index contributed by atoms with van der Waals surface area (Å²) in [6.45, 7) is 1.17. The van der Waals surface area contributed by atoms with Crippen LogP contribution in [0.15, 0.2) is 27.6 Å². The van der Waals surface area contributed by atoms with Crippen molar-refractivity contribution in [3.63, 3.8) is 0 Å². The fraction of sp³-hybridized carbons (Fsp3) is 0.474. The van der Waals surface area contributed by atoms with E-state index < -0.39 is 15.9 Å². The van der Waals surface area contributed by atoms with Gasteiger partial charge in [0, 0.05) is 18.7 Å². The van der Waals surface area contributed by atoms with Gasteiger partial charge in [-0.2, -0.15) is 5.10 Å². The molecule has 2 aromatic rings. The summed E-state index contributed by atoms with van der Waals surface area (Å²) in [7, 11) is -3.45. The monoisotopic (exact) mass is 401 g/mol. The van der Waals surface area contributed by atoms with Crippen LogP contribution < -0.4 is 15.2 Å². The minimum Gasteiger partial charge on any atom is -0.477 e. The van der Waals surface area contributed by atoms with Crippen LogP contribution in [0.5, 0.6) is 5.88 Å². The number of carbonyl (C=O) groups is 1. The number of anilines is 1. The maximum atomic E-state index is 13.0. The molecule has 1 fully saturated rings. The topological polar surface area (TPSA) is 112 Å². The summed E-state index contributed by atoms with van der Waals surface area (Å²) in [6.07, 6.45) is 7.51. The van der Waals surface area contributed by atoms with Crippen molar-refractivity contribution in [3.8, 4) is 5.88 Å². The van der Waals surface area contributed by atoms with Crippen molar-refractivity contribution >= 4 is 21.6 Å². The van der Waals surface area contributed by atoms with E-state index in [0.717, 1.165) is 49.8 Å². The SMILES string of the molecule is N[S@](=O)(=NC(=O)Nc1c(C2CC2)ccc2c1CCC2)c1cnn2c1OCCC2. The normalized spacial score (nSPS) is 19.9. The molecule has 28 heavy (non-hydrogen) atoms. The summed E-state index contributed by atoms with van der Waals surface area (Å²) in [5, 5.41) is 13.0. The Balaban J connectivity index is 1.47. The number of carbonyl (C=O) groups excluding carboxylic acids is 1. The molecule has 2 aliphatic carbocycles. The molecule has 0 unspecified atom stereocenters. The zero-order chi connectivity index (χ0) is 19.3. The van der Waals surface area contributed by atoms with E-state index in [1.54, 1.807) is 4.68 Å². The smallest absolute Gasteiger partial charge is 0.354 e. The molecule has 0 bridgehead atoms. The second kappa shape index (κ2) is 6.59. The van der Waals surface area contributed by atoms with E-state index in [1.165, 1.54) is 17.3 Å². The standard InChI is InChI=1S/C19H23N5O3S/c20-28(26,16-11-21-24-9-2-10-27-18(16)24)23-19(25)22-17-14-4-1-3-12(14)7-8-15(17)13-5-6-13/h7-8,11,13H,1-6,9-10H2,(H3,20,22,23,25,26)/t28-/m0/s1. The molecule has 2 heterocycles. The lowest BCUT2D eigenvalue weighted by Crippen LogP contribution is -2.21. The molecule has 148 valence electrons. The van der Waals surface area contributed by atoms with Gasteiger partial charge in [-0.25, -0.2) is 18.8 Å². The highest BCUT2D eigenvalue weighted by Gasteiger charge is 2.30. The number of urea groups is 1. The van der Waals surface area contributed by atoms with Gasteiger partial charge in [0.05, 0.1) is 12.8 Å². The Morgan fingerprint density at radius 3 is 3.00 bits per heavy atom. The summed E-state index contributed by atoms with van der Waals surface area (Å²) >= 11 is 0. The van der Waals surface area contributed by atoms with Crippen molar-refractivity contribution < 1.29 is 13.7 Å². The molecular weight excluding hydrogens is 378 g/mol. The number of nitrogens with one attached hydrogen (secondary N) is 1. The molecule has 1 aromatic heterocycles. The number of aryl methyl sites for hydroxylation is 2. The number of nitrogens with two attached hydrogens (primary N) is 1. The molecular formula is C19H23N5O3S. The first kappa shape index (κ1) is 17.7. The highest BCUT2D eigenvalue weighted by molar-refractivity contribution is 7.91. The summed E-state index contributed by atoms with van der Waals surface area (Å²) in [4.78, 5) is 12.9. The molecule has 5 rings (SSSR count). The Labute approximate surface area is 163 Å². The number of amides is 2. The minimum absolute atomic E-state index is 0.169. The van der Waals surface area contributed by atoms with E-state index >= 15 is 0 Å². The number of ether oxygens (including phenoxy) is 1. The number of aromatic nitrogens is 2. The van der Waals surface area contributed by atoms with Crippen molar-refractivity contribution in [2.45, 2.75) is 55.9 Å². The first-order valence-corrected chi connectivity index (χ1v) is 11.3. The quantitative estimate of drug-likeness (QED) is 0.823. The predicted octanol–water partition coefficient (Wildman–Crippen LogP) is 2.96.